The Hall–Kier alpha value is -0.110. The molecule has 1 amide bonds. The largest absolute Gasteiger partial charge is 0.496 e. The summed E-state index contributed by atoms with van der Waals surface area (Å²) < 4.78 is 8.27. The molecule has 22 heavy (non-hydrogen) atoms. The highest BCUT2D eigenvalue weighted by Crippen LogP contribution is 2.40. The van der Waals surface area contributed by atoms with E-state index >= 15 is 0 Å². The van der Waals surface area contributed by atoms with Gasteiger partial charge in [-0.25, -0.2) is 0 Å². The summed E-state index contributed by atoms with van der Waals surface area (Å²) in [6.07, 6.45) is 2.87. The molecule has 1 aromatic rings. The lowest BCUT2D eigenvalue weighted by Crippen LogP contribution is -2.42. The highest BCUT2D eigenvalue weighted by Gasteiger charge is 2.29. The number of methoxy groups -OCH3 is 1. The average molecular weight is 499 g/mol. The number of nitrogens with zero attached hydrogens (tertiary/aromatic N) is 1. The first kappa shape index (κ1) is 18.2. The lowest BCUT2D eigenvalue weighted by Gasteiger charge is -2.23. The predicted molar refractivity (Wildman–Crippen MR) is 98.5 cm³/mol. The molecule has 2 rings (SSSR count). The Morgan fingerprint density at radius 1 is 1.36 bits per heavy atom. The van der Waals surface area contributed by atoms with Gasteiger partial charge in [0.15, 0.2) is 0 Å². The maximum Gasteiger partial charge on any atom is 0.237 e. The van der Waals surface area contributed by atoms with Gasteiger partial charge in [-0.15, -0.1) is 0 Å². The zero-order valence-electron chi connectivity index (χ0n) is 12.6. The lowest BCUT2D eigenvalue weighted by atomic mass is 10.1. The van der Waals surface area contributed by atoms with Gasteiger partial charge in [0.05, 0.1) is 17.6 Å². The quantitative estimate of drug-likeness (QED) is 0.629. The first-order valence-electron chi connectivity index (χ1n) is 7.15. The molecule has 1 saturated heterocycles. The van der Waals surface area contributed by atoms with Gasteiger partial charge in [0, 0.05) is 22.5 Å². The second-order valence-electron chi connectivity index (χ2n) is 5.24. The second-order valence-corrected chi connectivity index (χ2v) is 7.62. The highest BCUT2D eigenvalue weighted by molar-refractivity contribution is 9.14. The number of nitrogens with one attached hydrogen (secondary N) is 1. The van der Waals surface area contributed by atoms with Crippen LogP contribution in [0.2, 0.25) is 0 Å². The van der Waals surface area contributed by atoms with Gasteiger partial charge in [0.2, 0.25) is 5.91 Å². The van der Waals surface area contributed by atoms with E-state index in [9.17, 15) is 4.79 Å². The van der Waals surface area contributed by atoms with Crippen LogP contribution in [0.1, 0.15) is 18.4 Å². The van der Waals surface area contributed by atoms with Gasteiger partial charge in [-0.1, -0.05) is 0 Å². The van der Waals surface area contributed by atoms with Crippen LogP contribution in [0.4, 0.5) is 0 Å². The minimum Gasteiger partial charge on any atom is -0.496 e. The molecule has 7 heteroatoms. The van der Waals surface area contributed by atoms with Gasteiger partial charge in [0.25, 0.3) is 0 Å². The molecule has 0 radical (unpaired) electrons. The smallest absolute Gasteiger partial charge is 0.237 e. The Balaban J connectivity index is 2.11. The summed E-state index contributed by atoms with van der Waals surface area (Å²) in [5, 5.41) is 2.76. The summed E-state index contributed by atoms with van der Waals surface area (Å²) in [6, 6.07) is 2.04. The Labute approximate surface area is 156 Å². The van der Waals surface area contributed by atoms with E-state index in [1.807, 2.05) is 6.07 Å². The molecule has 1 aliphatic rings. The molecule has 1 aromatic carbocycles. The van der Waals surface area contributed by atoms with Gasteiger partial charge in [-0.05, 0) is 85.2 Å². The molecule has 0 aliphatic carbocycles. The molecule has 0 bridgehead atoms. The fourth-order valence-electron chi connectivity index (χ4n) is 2.78. The summed E-state index contributed by atoms with van der Waals surface area (Å²) in [4.78, 5) is 14.2. The molecule has 4 nitrogen and oxygen atoms in total. The van der Waals surface area contributed by atoms with E-state index in [1.165, 1.54) is 0 Å². The van der Waals surface area contributed by atoms with Crippen LogP contribution in [0.15, 0.2) is 19.5 Å². The van der Waals surface area contributed by atoms with Gasteiger partial charge < -0.3 is 10.1 Å². The average Bonchev–Trinajstić information content (AvgIpc) is 2.99. The van der Waals surface area contributed by atoms with Crippen LogP contribution in [0.3, 0.4) is 0 Å². The molecule has 1 heterocycles. The van der Waals surface area contributed by atoms with E-state index in [2.05, 4.69) is 58.0 Å². The zero-order chi connectivity index (χ0) is 16.3. The Morgan fingerprint density at radius 3 is 2.73 bits per heavy atom. The second kappa shape index (κ2) is 8.13. The topological polar surface area (TPSA) is 41.6 Å². The monoisotopic (exact) mass is 496 g/mol. The third kappa shape index (κ3) is 3.86. The van der Waals surface area contributed by atoms with Crippen molar-refractivity contribution in [2.75, 3.05) is 27.2 Å². The molecule has 0 saturated carbocycles. The van der Waals surface area contributed by atoms with Gasteiger partial charge in [-0.2, -0.15) is 0 Å². The van der Waals surface area contributed by atoms with Crippen molar-refractivity contribution in [3.8, 4) is 5.75 Å². The van der Waals surface area contributed by atoms with Crippen molar-refractivity contribution >= 4 is 53.7 Å². The number of hydrogen-bond donors (Lipinski definition) is 1. The van der Waals surface area contributed by atoms with Crippen molar-refractivity contribution in [2.45, 2.75) is 25.3 Å². The molecule has 1 fully saturated rings. The van der Waals surface area contributed by atoms with E-state index in [1.54, 1.807) is 14.2 Å². The number of carbonyl (C=O) groups is 1. The number of benzene rings is 1. The van der Waals surface area contributed by atoms with Crippen molar-refractivity contribution in [3.63, 3.8) is 0 Å². The van der Waals surface area contributed by atoms with Crippen LogP contribution in [-0.2, 0) is 11.2 Å². The van der Waals surface area contributed by atoms with E-state index in [-0.39, 0.29) is 11.9 Å². The van der Waals surface area contributed by atoms with Crippen LogP contribution in [0.5, 0.6) is 5.75 Å². The fourth-order valence-corrected chi connectivity index (χ4v) is 4.48. The molecule has 0 aromatic heterocycles. The summed E-state index contributed by atoms with van der Waals surface area (Å²) >= 11 is 10.7. The molecule has 1 aliphatic heterocycles. The first-order chi connectivity index (χ1) is 10.5. The third-order valence-corrected chi connectivity index (χ3v) is 7.54. The molecular formula is C15H19Br3N2O2. The number of carbonyl (C=O) groups excluding carboxylic acids is 1. The van der Waals surface area contributed by atoms with Gasteiger partial charge >= 0.3 is 0 Å². The number of hydrogen-bond acceptors (Lipinski definition) is 3. The Morgan fingerprint density at radius 2 is 2.09 bits per heavy atom. The number of amides is 1. The van der Waals surface area contributed by atoms with Crippen molar-refractivity contribution in [1.29, 1.82) is 0 Å². The van der Waals surface area contributed by atoms with Crippen molar-refractivity contribution in [2.24, 2.45) is 0 Å². The highest BCUT2D eigenvalue weighted by atomic mass is 79.9. The summed E-state index contributed by atoms with van der Waals surface area (Å²) in [5.74, 6) is 0.917. The Bertz CT molecular complexity index is 566. The Kier molecular flexibility index (Phi) is 6.73. The summed E-state index contributed by atoms with van der Waals surface area (Å²) in [7, 11) is 3.36. The van der Waals surface area contributed by atoms with E-state index < -0.39 is 0 Å². The van der Waals surface area contributed by atoms with E-state index in [0.717, 1.165) is 57.1 Å². The van der Waals surface area contributed by atoms with Gasteiger partial charge in [-0.3, -0.25) is 9.69 Å². The zero-order valence-corrected chi connectivity index (χ0v) is 17.3. The van der Waals surface area contributed by atoms with Crippen LogP contribution in [-0.4, -0.2) is 44.1 Å². The summed E-state index contributed by atoms with van der Waals surface area (Å²) in [6.45, 7) is 1.83. The van der Waals surface area contributed by atoms with Gasteiger partial charge in [0.1, 0.15) is 5.75 Å². The minimum absolute atomic E-state index is 0.00422. The lowest BCUT2D eigenvalue weighted by molar-refractivity contribution is -0.124. The predicted octanol–water partition coefficient (Wildman–Crippen LogP) is 3.74. The van der Waals surface area contributed by atoms with Crippen LogP contribution in [0, 0.1) is 0 Å². The number of halogens is 3. The molecular weight excluding hydrogens is 480 g/mol. The van der Waals surface area contributed by atoms with Crippen LogP contribution < -0.4 is 10.1 Å². The van der Waals surface area contributed by atoms with Crippen LogP contribution >= 0.6 is 47.8 Å². The minimum atomic E-state index is 0.00422. The standard InChI is InChI=1S/C15H19Br3N2O2/c1-19-15(21)10-4-3-6-20(10)7-5-9-8-11(22-2)13(17)14(18)12(9)16/h8,10H,3-7H2,1-2H3,(H,19,21)/t10-/m0/s1. The molecule has 1 N–H and O–H groups in total. The SMILES string of the molecule is CNC(=O)[C@@H]1CCCN1CCc1cc(OC)c(Br)c(Br)c1Br. The molecule has 1 atom stereocenters. The van der Waals surface area contributed by atoms with Crippen LogP contribution in [0.25, 0.3) is 0 Å². The number of likely N-dealkylation sites (tertiary alicyclic amines) is 1. The molecule has 0 unspecified atom stereocenters. The fraction of sp³-hybridized carbons (Fsp3) is 0.533. The molecule has 0 spiro atoms. The number of rotatable bonds is 5. The third-order valence-electron chi connectivity index (χ3n) is 3.99. The van der Waals surface area contributed by atoms with Crippen molar-refractivity contribution in [1.82, 2.24) is 10.2 Å². The van der Waals surface area contributed by atoms with E-state index in [4.69, 9.17) is 4.74 Å². The normalized spacial score (nSPS) is 18.5. The number of likely N-dealkylation sites (N-methyl/N-ethyl adjacent to an activating group) is 1. The maximum absolute atomic E-state index is 11.9. The maximum atomic E-state index is 11.9. The van der Waals surface area contributed by atoms with Crippen molar-refractivity contribution in [3.05, 3.63) is 25.0 Å². The van der Waals surface area contributed by atoms with E-state index in [0.29, 0.717) is 0 Å². The summed E-state index contributed by atoms with van der Waals surface area (Å²) in [5.41, 5.74) is 1.16. The molecule has 122 valence electrons. The van der Waals surface area contributed by atoms with Crippen molar-refractivity contribution < 1.29 is 9.53 Å². The number of ether oxygens (including phenoxy) is 1. The first-order valence-corrected chi connectivity index (χ1v) is 9.53.